The zero-order valence-corrected chi connectivity index (χ0v) is 11.7. The quantitative estimate of drug-likeness (QED) is 0.816. The maximum Gasteiger partial charge on any atom is 0.320 e. The fourth-order valence-corrected chi connectivity index (χ4v) is 4.79. The Morgan fingerprint density at radius 3 is 1.75 bits per heavy atom. The van der Waals surface area contributed by atoms with E-state index < -0.39 is 19.2 Å². The fraction of sp³-hybridized carbons (Fsp3) is 0.133. The van der Waals surface area contributed by atoms with Gasteiger partial charge >= 0.3 is 5.97 Å². The Hall–Kier alpha value is -1.90. The van der Waals surface area contributed by atoms with Crippen molar-refractivity contribution in [2.75, 3.05) is 6.16 Å². The first kappa shape index (κ1) is 14.5. The van der Waals surface area contributed by atoms with Crippen LogP contribution in [0, 0.1) is 0 Å². The highest BCUT2D eigenvalue weighted by Crippen LogP contribution is 2.43. The van der Waals surface area contributed by atoms with E-state index in [0.29, 0.717) is 10.6 Å². The standard InChI is InChI=1S/C15H16NO3P/c16-14(15(17)18)11-20(19,12-7-3-1-4-8-12)13-9-5-2-6-10-13/h1-10,14H,11,16H2,(H,17,18)/t14-/m1/s1. The molecule has 0 aliphatic heterocycles. The molecular weight excluding hydrogens is 273 g/mol. The van der Waals surface area contributed by atoms with Crippen LogP contribution in [0.3, 0.4) is 0 Å². The minimum absolute atomic E-state index is 0.0869. The molecule has 0 aliphatic carbocycles. The van der Waals surface area contributed by atoms with E-state index in [-0.39, 0.29) is 6.16 Å². The second kappa shape index (κ2) is 6.04. The van der Waals surface area contributed by atoms with Gasteiger partial charge in [0.05, 0.1) is 0 Å². The van der Waals surface area contributed by atoms with Gasteiger partial charge in [-0.25, -0.2) is 0 Å². The average molecular weight is 289 g/mol. The minimum Gasteiger partial charge on any atom is -0.480 e. The largest absolute Gasteiger partial charge is 0.480 e. The number of nitrogens with two attached hydrogens (primary N) is 1. The Labute approximate surface area is 117 Å². The summed E-state index contributed by atoms with van der Waals surface area (Å²) >= 11 is 0. The van der Waals surface area contributed by atoms with Gasteiger partial charge in [0.25, 0.3) is 0 Å². The predicted octanol–water partition coefficient (Wildman–Crippen LogP) is 1.41. The van der Waals surface area contributed by atoms with Crippen molar-refractivity contribution in [2.24, 2.45) is 5.73 Å². The Morgan fingerprint density at radius 1 is 1.00 bits per heavy atom. The molecule has 104 valence electrons. The molecule has 3 N–H and O–H groups in total. The normalized spacial score (nSPS) is 12.8. The molecule has 20 heavy (non-hydrogen) atoms. The minimum atomic E-state index is -3.04. The molecule has 0 radical (unpaired) electrons. The zero-order valence-electron chi connectivity index (χ0n) is 10.8. The molecule has 0 aliphatic rings. The summed E-state index contributed by atoms with van der Waals surface area (Å²) in [4.78, 5) is 11.0. The van der Waals surface area contributed by atoms with Crippen LogP contribution in [0.4, 0.5) is 0 Å². The highest BCUT2D eigenvalue weighted by Gasteiger charge is 2.31. The number of rotatable bonds is 5. The second-order valence-corrected chi connectivity index (χ2v) is 7.42. The fourth-order valence-electron chi connectivity index (χ4n) is 2.05. The van der Waals surface area contributed by atoms with Gasteiger partial charge in [0.15, 0.2) is 0 Å². The molecule has 2 aromatic carbocycles. The molecule has 0 fully saturated rings. The molecule has 2 rings (SSSR count). The molecule has 0 amide bonds. The van der Waals surface area contributed by atoms with Crippen molar-refractivity contribution in [1.29, 1.82) is 0 Å². The van der Waals surface area contributed by atoms with E-state index in [1.165, 1.54) is 0 Å². The Kier molecular flexibility index (Phi) is 4.38. The Bertz CT molecular complexity index is 585. The first-order valence-electron chi connectivity index (χ1n) is 6.23. The molecule has 5 heteroatoms. The van der Waals surface area contributed by atoms with Crippen molar-refractivity contribution in [1.82, 2.24) is 0 Å². The number of carboxylic acids is 1. The van der Waals surface area contributed by atoms with Crippen LogP contribution in [0.2, 0.25) is 0 Å². The van der Waals surface area contributed by atoms with Gasteiger partial charge < -0.3 is 15.4 Å². The Morgan fingerprint density at radius 2 is 1.40 bits per heavy atom. The molecule has 0 saturated carbocycles. The van der Waals surface area contributed by atoms with Gasteiger partial charge in [-0.3, -0.25) is 4.79 Å². The van der Waals surface area contributed by atoms with E-state index in [2.05, 4.69) is 0 Å². The van der Waals surface area contributed by atoms with E-state index in [0.717, 1.165) is 0 Å². The highest BCUT2D eigenvalue weighted by atomic mass is 31.2. The molecule has 0 bridgehead atoms. The average Bonchev–Trinajstić information content (AvgIpc) is 2.48. The number of aliphatic carboxylic acids is 1. The molecule has 0 aromatic heterocycles. The lowest BCUT2D eigenvalue weighted by atomic mass is 10.4. The van der Waals surface area contributed by atoms with Crippen LogP contribution >= 0.6 is 7.14 Å². The lowest BCUT2D eigenvalue weighted by molar-refractivity contribution is -0.137. The third-order valence-corrected chi connectivity index (χ3v) is 6.29. The van der Waals surface area contributed by atoms with E-state index >= 15 is 0 Å². The van der Waals surface area contributed by atoms with Crippen LogP contribution in [0.5, 0.6) is 0 Å². The van der Waals surface area contributed by atoms with Gasteiger partial charge in [-0.05, 0) is 0 Å². The van der Waals surface area contributed by atoms with Crippen molar-refractivity contribution in [3.8, 4) is 0 Å². The molecule has 4 nitrogen and oxygen atoms in total. The molecule has 0 heterocycles. The Balaban J connectivity index is 2.50. The van der Waals surface area contributed by atoms with E-state index in [1.54, 1.807) is 48.5 Å². The first-order valence-corrected chi connectivity index (χ1v) is 8.12. The lowest BCUT2D eigenvalue weighted by Crippen LogP contribution is -2.37. The van der Waals surface area contributed by atoms with Crippen LogP contribution in [-0.4, -0.2) is 23.3 Å². The topological polar surface area (TPSA) is 80.4 Å². The summed E-state index contributed by atoms with van der Waals surface area (Å²) in [5.74, 6) is -1.14. The van der Waals surface area contributed by atoms with E-state index in [9.17, 15) is 9.36 Å². The van der Waals surface area contributed by atoms with Crippen molar-refractivity contribution in [3.63, 3.8) is 0 Å². The number of carbonyl (C=O) groups is 1. The summed E-state index contributed by atoms with van der Waals surface area (Å²) < 4.78 is 13.4. The third kappa shape index (κ3) is 2.98. The molecule has 1 atom stereocenters. The van der Waals surface area contributed by atoms with Crippen LogP contribution < -0.4 is 16.3 Å². The molecular formula is C15H16NO3P. The van der Waals surface area contributed by atoms with Crippen LogP contribution in [-0.2, 0) is 9.36 Å². The van der Waals surface area contributed by atoms with Crippen LogP contribution in [0.15, 0.2) is 60.7 Å². The smallest absolute Gasteiger partial charge is 0.320 e. The summed E-state index contributed by atoms with van der Waals surface area (Å²) in [7, 11) is -3.04. The maximum atomic E-state index is 13.4. The lowest BCUT2D eigenvalue weighted by Gasteiger charge is -2.21. The van der Waals surface area contributed by atoms with Gasteiger partial charge in [0.2, 0.25) is 0 Å². The highest BCUT2D eigenvalue weighted by molar-refractivity contribution is 7.78. The third-order valence-electron chi connectivity index (χ3n) is 3.12. The second-order valence-electron chi connectivity index (χ2n) is 4.54. The van der Waals surface area contributed by atoms with Crippen molar-refractivity contribution in [3.05, 3.63) is 60.7 Å². The SMILES string of the molecule is N[C@H](CP(=O)(c1ccccc1)c1ccccc1)C(=O)O. The number of benzene rings is 2. The molecule has 0 spiro atoms. The van der Waals surface area contributed by atoms with Crippen LogP contribution in [0.25, 0.3) is 0 Å². The first-order chi connectivity index (χ1) is 9.54. The van der Waals surface area contributed by atoms with Gasteiger partial charge in [-0.1, -0.05) is 60.7 Å². The molecule has 0 saturated heterocycles. The van der Waals surface area contributed by atoms with Crippen LogP contribution in [0.1, 0.15) is 0 Å². The predicted molar refractivity (Wildman–Crippen MR) is 80.2 cm³/mol. The summed E-state index contributed by atoms with van der Waals surface area (Å²) in [6.07, 6.45) is -0.0869. The monoisotopic (exact) mass is 289 g/mol. The van der Waals surface area contributed by atoms with Gasteiger partial charge in [0, 0.05) is 16.8 Å². The zero-order chi connectivity index (χ0) is 14.6. The maximum absolute atomic E-state index is 13.4. The van der Waals surface area contributed by atoms with E-state index in [4.69, 9.17) is 10.8 Å². The summed E-state index contributed by atoms with van der Waals surface area (Å²) in [6.45, 7) is 0. The number of hydrogen-bond acceptors (Lipinski definition) is 3. The van der Waals surface area contributed by atoms with Gasteiger partial charge in [-0.2, -0.15) is 0 Å². The van der Waals surface area contributed by atoms with Gasteiger partial charge in [-0.15, -0.1) is 0 Å². The van der Waals surface area contributed by atoms with Crippen molar-refractivity contribution < 1.29 is 14.5 Å². The van der Waals surface area contributed by atoms with E-state index in [1.807, 2.05) is 12.1 Å². The summed E-state index contributed by atoms with van der Waals surface area (Å²) in [6, 6.07) is 16.7. The van der Waals surface area contributed by atoms with Gasteiger partial charge in [0.1, 0.15) is 13.2 Å². The summed E-state index contributed by atoms with van der Waals surface area (Å²) in [5, 5.41) is 10.2. The summed E-state index contributed by atoms with van der Waals surface area (Å²) in [5.41, 5.74) is 5.61. The van der Waals surface area contributed by atoms with Crippen molar-refractivity contribution >= 4 is 23.7 Å². The number of carboxylic acid groups (broad SMARTS) is 1. The number of hydrogen-bond donors (Lipinski definition) is 2. The molecule has 2 aromatic rings. The molecule has 0 unspecified atom stereocenters. The van der Waals surface area contributed by atoms with Crippen molar-refractivity contribution in [2.45, 2.75) is 6.04 Å².